The number of carbonyl (C=O) groups is 2. The van der Waals surface area contributed by atoms with Crippen molar-refractivity contribution in [2.75, 3.05) is 6.61 Å². The van der Waals surface area contributed by atoms with Gasteiger partial charge in [-0.2, -0.15) is 0 Å². The third-order valence-corrected chi connectivity index (χ3v) is 2.97. The van der Waals surface area contributed by atoms with E-state index in [-0.39, 0.29) is 23.7 Å². The molecule has 118 valence electrons. The predicted octanol–water partition coefficient (Wildman–Crippen LogP) is 1.76. The first-order valence-electron chi connectivity index (χ1n) is 6.88. The van der Waals surface area contributed by atoms with E-state index in [0.29, 0.717) is 16.8 Å². The Balaban J connectivity index is 2.74. The van der Waals surface area contributed by atoms with E-state index in [0.717, 1.165) is 0 Å². The van der Waals surface area contributed by atoms with Gasteiger partial charge in [0.15, 0.2) is 6.61 Å². The lowest BCUT2D eigenvalue weighted by atomic mass is 10.1. The van der Waals surface area contributed by atoms with Crippen LogP contribution in [0.15, 0.2) is 0 Å². The fraction of sp³-hybridized carbons (Fsp3) is 0.600. The summed E-state index contributed by atoms with van der Waals surface area (Å²) < 4.78 is 5.00. The number of rotatable bonds is 4. The van der Waals surface area contributed by atoms with Crippen LogP contribution < -0.4 is 5.32 Å². The van der Waals surface area contributed by atoms with Gasteiger partial charge in [-0.15, -0.1) is 0 Å². The molecule has 1 aromatic rings. The van der Waals surface area contributed by atoms with Crippen LogP contribution in [0, 0.1) is 13.8 Å². The zero-order valence-electron chi connectivity index (χ0n) is 13.5. The smallest absolute Gasteiger partial charge is 0.355 e. The first-order chi connectivity index (χ1) is 9.53. The molecule has 0 spiro atoms. The topological polar surface area (TPSA) is 91.4 Å². The molecule has 1 amide bonds. The molecule has 0 aliphatic rings. The number of aromatic amines is 1. The molecule has 3 N–H and O–H groups in total. The third kappa shape index (κ3) is 4.60. The van der Waals surface area contributed by atoms with Gasteiger partial charge in [-0.25, -0.2) is 4.79 Å². The number of ether oxygens (including phenoxy) is 1. The second kappa shape index (κ2) is 6.30. The van der Waals surface area contributed by atoms with Gasteiger partial charge in [-0.05, 0) is 47.1 Å². The lowest BCUT2D eigenvalue weighted by Crippen LogP contribution is -2.42. The number of hydrogen-bond acceptors (Lipinski definition) is 4. The van der Waals surface area contributed by atoms with Gasteiger partial charge in [-0.1, -0.05) is 0 Å². The summed E-state index contributed by atoms with van der Waals surface area (Å²) in [5.41, 5.74) is 1.94. The van der Waals surface area contributed by atoms with Crippen LogP contribution in [0.1, 0.15) is 61.1 Å². The van der Waals surface area contributed by atoms with Crippen molar-refractivity contribution in [3.05, 3.63) is 22.5 Å². The van der Waals surface area contributed by atoms with Crippen molar-refractivity contribution in [2.45, 2.75) is 53.2 Å². The summed E-state index contributed by atoms with van der Waals surface area (Å²) >= 11 is 0. The fourth-order valence-electron chi connectivity index (χ4n) is 2.25. The van der Waals surface area contributed by atoms with Crippen LogP contribution >= 0.6 is 0 Å². The van der Waals surface area contributed by atoms with Gasteiger partial charge in [0.25, 0.3) is 5.91 Å². The van der Waals surface area contributed by atoms with Crippen LogP contribution in [-0.2, 0) is 9.53 Å². The summed E-state index contributed by atoms with van der Waals surface area (Å²) in [6, 6.07) is 0. The molecule has 6 heteroatoms. The molecule has 6 nitrogen and oxygen atoms in total. The number of nitrogens with one attached hydrogen (secondary N) is 2. The number of hydrogen-bond donors (Lipinski definition) is 3. The van der Waals surface area contributed by atoms with Gasteiger partial charge in [0.1, 0.15) is 5.69 Å². The van der Waals surface area contributed by atoms with Crippen LogP contribution in [0.2, 0.25) is 0 Å². The molecular formula is C15H24N2O4. The molecule has 0 fully saturated rings. The molecule has 0 saturated carbocycles. The SMILES string of the molecule is Cc1[nH]c(C(=O)OCC(=O)NC(C)(C)C)c(C)c1[C@H](C)O. The number of carbonyl (C=O) groups excluding carboxylic acids is 2. The van der Waals surface area contributed by atoms with Crippen LogP contribution in [0.4, 0.5) is 0 Å². The van der Waals surface area contributed by atoms with Crippen LogP contribution in [0.5, 0.6) is 0 Å². The van der Waals surface area contributed by atoms with Crippen molar-refractivity contribution in [3.63, 3.8) is 0 Å². The maximum atomic E-state index is 12.0. The Kier molecular flexibility index (Phi) is 5.17. The maximum Gasteiger partial charge on any atom is 0.355 e. The molecule has 0 unspecified atom stereocenters. The first-order valence-corrected chi connectivity index (χ1v) is 6.88. The number of H-pyrrole nitrogens is 1. The van der Waals surface area contributed by atoms with Crippen LogP contribution in [-0.4, -0.2) is 34.1 Å². The highest BCUT2D eigenvalue weighted by Crippen LogP contribution is 2.24. The second-order valence-electron chi connectivity index (χ2n) is 6.21. The molecule has 1 heterocycles. The van der Waals surface area contributed by atoms with Crippen molar-refractivity contribution < 1.29 is 19.4 Å². The Bertz CT molecular complexity index is 539. The zero-order chi connectivity index (χ0) is 16.4. The van der Waals surface area contributed by atoms with E-state index in [9.17, 15) is 14.7 Å². The molecule has 0 aliphatic carbocycles. The second-order valence-corrected chi connectivity index (χ2v) is 6.21. The van der Waals surface area contributed by atoms with Crippen molar-refractivity contribution >= 4 is 11.9 Å². The molecule has 0 aliphatic heterocycles. The van der Waals surface area contributed by atoms with Gasteiger partial charge in [0, 0.05) is 16.8 Å². The number of esters is 1. The van der Waals surface area contributed by atoms with Crippen molar-refractivity contribution in [1.29, 1.82) is 0 Å². The Morgan fingerprint density at radius 1 is 1.33 bits per heavy atom. The fourth-order valence-corrected chi connectivity index (χ4v) is 2.25. The lowest BCUT2D eigenvalue weighted by Gasteiger charge is -2.20. The Labute approximate surface area is 124 Å². The van der Waals surface area contributed by atoms with Crippen molar-refractivity contribution in [1.82, 2.24) is 10.3 Å². The number of aliphatic hydroxyl groups is 1. The predicted molar refractivity (Wildman–Crippen MR) is 79.1 cm³/mol. The summed E-state index contributed by atoms with van der Waals surface area (Å²) in [6.45, 7) is 10.3. The molecule has 0 radical (unpaired) electrons. The highest BCUT2D eigenvalue weighted by molar-refractivity contribution is 5.91. The Morgan fingerprint density at radius 3 is 2.33 bits per heavy atom. The zero-order valence-corrected chi connectivity index (χ0v) is 13.5. The minimum atomic E-state index is -0.674. The Morgan fingerprint density at radius 2 is 1.90 bits per heavy atom. The monoisotopic (exact) mass is 296 g/mol. The van der Waals surface area contributed by atoms with Crippen LogP contribution in [0.25, 0.3) is 0 Å². The number of aromatic nitrogens is 1. The van der Waals surface area contributed by atoms with Gasteiger partial charge in [-0.3, -0.25) is 4.79 Å². The van der Waals surface area contributed by atoms with E-state index in [1.54, 1.807) is 20.8 Å². The van der Waals surface area contributed by atoms with E-state index >= 15 is 0 Å². The third-order valence-electron chi connectivity index (χ3n) is 2.97. The van der Waals surface area contributed by atoms with Gasteiger partial charge in [0.2, 0.25) is 0 Å². The van der Waals surface area contributed by atoms with Gasteiger partial charge in [0.05, 0.1) is 6.10 Å². The van der Waals surface area contributed by atoms with E-state index in [2.05, 4.69) is 10.3 Å². The molecule has 0 bridgehead atoms. The van der Waals surface area contributed by atoms with E-state index < -0.39 is 12.1 Å². The standard InChI is InChI=1S/C15H24N2O4/c1-8-12(10(3)18)9(2)16-13(8)14(20)21-7-11(19)17-15(4,5)6/h10,16,18H,7H2,1-6H3,(H,17,19)/t10-/m0/s1. The van der Waals surface area contributed by atoms with Crippen molar-refractivity contribution in [3.8, 4) is 0 Å². The van der Waals surface area contributed by atoms with E-state index in [1.165, 1.54) is 0 Å². The summed E-state index contributed by atoms with van der Waals surface area (Å²) in [5.74, 6) is -0.959. The summed E-state index contributed by atoms with van der Waals surface area (Å²) in [6.07, 6.45) is -0.674. The highest BCUT2D eigenvalue weighted by Gasteiger charge is 2.22. The lowest BCUT2D eigenvalue weighted by molar-refractivity contribution is -0.125. The molecule has 0 saturated heterocycles. The van der Waals surface area contributed by atoms with E-state index in [4.69, 9.17) is 4.74 Å². The summed E-state index contributed by atoms with van der Waals surface area (Å²) in [5, 5.41) is 12.4. The van der Waals surface area contributed by atoms with Crippen molar-refractivity contribution in [2.24, 2.45) is 0 Å². The average molecular weight is 296 g/mol. The molecule has 1 atom stereocenters. The largest absolute Gasteiger partial charge is 0.451 e. The van der Waals surface area contributed by atoms with Gasteiger partial charge < -0.3 is 20.1 Å². The number of aliphatic hydroxyl groups excluding tert-OH is 1. The van der Waals surface area contributed by atoms with E-state index in [1.807, 2.05) is 20.8 Å². The number of amides is 1. The number of aryl methyl sites for hydroxylation is 1. The maximum absolute atomic E-state index is 12.0. The molecular weight excluding hydrogens is 272 g/mol. The molecule has 0 aromatic carbocycles. The highest BCUT2D eigenvalue weighted by atomic mass is 16.5. The molecule has 21 heavy (non-hydrogen) atoms. The minimum Gasteiger partial charge on any atom is -0.451 e. The first kappa shape index (κ1) is 17.2. The molecule has 1 rings (SSSR count). The normalized spacial score (nSPS) is 12.9. The molecule has 1 aromatic heterocycles. The quantitative estimate of drug-likeness (QED) is 0.738. The van der Waals surface area contributed by atoms with Gasteiger partial charge >= 0.3 is 5.97 Å². The van der Waals surface area contributed by atoms with Crippen LogP contribution in [0.3, 0.4) is 0 Å². The Hall–Kier alpha value is -1.82. The minimum absolute atomic E-state index is 0.270. The summed E-state index contributed by atoms with van der Waals surface area (Å²) in [7, 11) is 0. The summed E-state index contributed by atoms with van der Waals surface area (Å²) in [4.78, 5) is 26.5. The average Bonchev–Trinajstić information content (AvgIpc) is 2.59.